The lowest BCUT2D eigenvalue weighted by Crippen LogP contribution is -2.27. The van der Waals surface area contributed by atoms with Crippen molar-refractivity contribution < 1.29 is 4.79 Å². The molecular weight excluding hydrogens is 186 g/mol. The van der Waals surface area contributed by atoms with Crippen molar-refractivity contribution in [2.75, 3.05) is 6.54 Å². The number of hydrogen-bond acceptors (Lipinski definition) is 1. The van der Waals surface area contributed by atoms with Crippen LogP contribution in [-0.4, -0.2) is 12.5 Å². The molecule has 2 heteroatoms. The Morgan fingerprint density at radius 3 is 2.60 bits per heavy atom. The van der Waals surface area contributed by atoms with Gasteiger partial charge in [0.15, 0.2) is 0 Å². The summed E-state index contributed by atoms with van der Waals surface area (Å²) in [5, 5.41) is 2.83. The number of benzene rings is 1. The Hall–Kier alpha value is -1.57. The molecule has 0 unspecified atom stereocenters. The van der Waals surface area contributed by atoms with E-state index >= 15 is 0 Å². The van der Waals surface area contributed by atoms with E-state index in [0.29, 0.717) is 6.54 Å². The van der Waals surface area contributed by atoms with Gasteiger partial charge in [0.25, 0.3) is 0 Å². The van der Waals surface area contributed by atoms with Crippen molar-refractivity contribution in [2.45, 2.75) is 13.8 Å². The normalized spacial score (nSPS) is 10.9. The summed E-state index contributed by atoms with van der Waals surface area (Å²) in [4.78, 5) is 11.2. The summed E-state index contributed by atoms with van der Waals surface area (Å²) in [7, 11) is 0. The number of nitrogens with one attached hydrogen (secondary N) is 1. The summed E-state index contributed by atoms with van der Waals surface area (Å²) in [6.07, 6.45) is 3.95. The van der Waals surface area contributed by atoms with Crippen LogP contribution in [0, 0.1) is 5.92 Å². The molecule has 0 aromatic heterocycles. The summed E-state index contributed by atoms with van der Waals surface area (Å²) >= 11 is 0. The highest BCUT2D eigenvalue weighted by Crippen LogP contribution is 2.00. The molecule has 0 aliphatic carbocycles. The Labute approximate surface area is 91.0 Å². The van der Waals surface area contributed by atoms with E-state index in [9.17, 15) is 4.79 Å². The summed E-state index contributed by atoms with van der Waals surface area (Å²) in [6.45, 7) is 4.36. The van der Waals surface area contributed by atoms with Gasteiger partial charge in [-0.15, -0.1) is 0 Å². The fourth-order valence-electron chi connectivity index (χ4n) is 1.12. The molecule has 0 atom stereocenters. The summed E-state index contributed by atoms with van der Waals surface area (Å²) in [5.74, 6) is 0.142. The first-order chi connectivity index (χ1) is 7.20. The minimum atomic E-state index is 0.0510. The standard InChI is InChI=1S/C13H17NO/c1-11(2)13(15)14-10-6-9-12-7-4-3-5-8-12/h3-9,11H,10H2,1-2H3,(H,14,15)/b9-6+. The van der Waals surface area contributed by atoms with E-state index in [2.05, 4.69) is 5.32 Å². The van der Waals surface area contributed by atoms with Gasteiger partial charge in [-0.25, -0.2) is 0 Å². The number of carbonyl (C=O) groups excluding carboxylic acids is 1. The van der Waals surface area contributed by atoms with Crippen molar-refractivity contribution in [3.05, 3.63) is 42.0 Å². The number of hydrogen-bond donors (Lipinski definition) is 1. The summed E-state index contributed by atoms with van der Waals surface area (Å²) in [6, 6.07) is 10.0. The molecule has 0 radical (unpaired) electrons. The van der Waals surface area contributed by atoms with Crippen molar-refractivity contribution in [1.82, 2.24) is 5.32 Å². The number of carbonyl (C=O) groups is 1. The zero-order chi connectivity index (χ0) is 11.1. The molecule has 1 rings (SSSR count). The Bertz CT molecular complexity index is 328. The molecule has 0 spiro atoms. The van der Waals surface area contributed by atoms with E-state index in [0.717, 1.165) is 5.56 Å². The lowest BCUT2D eigenvalue weighted by molar-refractivity contribution is -0.123. The van der Waals surface area contributed by atoms with Gasteiger partial charge in [-0.1, -0.05) is 56.3 Å². The summed E-state index contributed by atoms with van der Waals surface area (Å²) in [5.41, 5.74) is 1.15. The largest absolute Gasteiger partial charge is 0.352 e. The van der Waals surface area contributed by atoms with Crippen LogP contribution in [0.1, 0.15) is 19.4 Å². The van der Waals surface area contributed by atoms with E-state index < -0.39 is 0 Å². The molecule has 1 N–H and O–H groups in total. The molecule has 1 aromatic rings. The second-order valence-corrected chi connectivity index (χ2v) is 3.71. The van der Waals surface area contributed by atoms with Crippen molar-refractivity contribution in [1.29, 1.82) is 0 Å². The maximum Gasteiger partial charge on any atom is 0.222 e. The molecule has 1 amide bonds. The second kappa shape index (κ2) is 6.02. The number of amides is 1. The zero-order valence-corrected chi connectivity index (χ0v) is 9.23. The maximum absolute atomic E-state index is 11.2. The van der Waals surface area contributed by atoms with Gasteiger partial charge < -0.3 is 5.32 Å². The fraction of sp³-hybridized carbons (Fsp3) is 0.308. The molecule has 0 bridgehead atoms. The quantitative estimate of drug-likeness (QED) is 0.800. The molecule has 80 valence electrons. The van der Waals surface area contributed by atoms with Crippen molar-refractivity contribution in [2.24, 2.45) is 5.92 Å². The molecular formula is C13H17NO. The molecule has 0 aliphatic heterocycles. The van der Waals surface area contributed by atoms with Crippen LogP contribution < -0.4 is 5.32 Å². The third-order valence-electron chi connectivity index (χ3n) is 2.03. The summed E-state index contributed by atoms with van der Waals surface area (Å²) < 4.78 is 0. The van der Waals surface area contributed by atoms with Gasteiger partial charge in [0.2, 0.25) is 5.91 Å². The van der Waals surface area contributed by atoms with Crippen molar-refractivity contribution in [3.63, 3.8) is 0 Å². The smallest absolute Gasteiger partial charge is 0.222 e. The first kappa shape index (κ1) is 11.5. The van der Waals surface area contributed by atoms with E-state index in [1.807, 2.05) is 56.3 Å². The molecule has 0 aliphatic rings. The lowest BCUT2D eigenvalue weighted by atomic mass is 10.2. The molecule has 0 saturated carbocycles. The molecule has 15 heavy (non-hydrogen) atoms. The highest BCUT2D eigenvalue weighted by Gasteiger charge is 2.03. The van der Waals surface area contributed by atoms with Crippen molar-refractivity contribution >= 4 is 12.0 Å². The van der Waals surface area contributed by atoms with Gasteiger partial charge >= 0.3 is 0 Å². The third kappa shape index (κ3) is 4.45. The Balaban J connectivity index is 2.32. The Morgan fingerprint density at radius 2 is 2.00 bits per heavy atom. The van der Waals surface area contributed by atoms with Crippen molar-refractivity contribution in [3.8, 4) is 0 Å². The third-order valence-corrected chi connectivity index (χ3v) is 2.03. The van der Waals surface area contributed by atoms with Crippen LogP contribution in [0.2, 0.25) is 0 Å². The first-order valence-electron chi connectivity index (χ1n) is 5.19. The molecule has 2 nitrogen and oxygen atoms in total. The molecule has 0 heterocycles. The van der Waals surface area contributed by atoms with Crippen LogP contribution in [0.25, 0.3) is 6.08 Å². The highest BCUT2D eigenvalue weighted by molar-refractivity contribution is 5.78. The number of rotatable bonds is 4. The minimum Gasteiger partial charge on any atom is -0.352 e. The molecule has 0 saturated heterocycles. The van der Waals surface area contributed by atoms with E-state index in [-0.39, 0.29) is 11.8 Å². The van der Waals surface area contributed by atoms with Crippen LogP contribution in [0.4, 0.5) is 0 Å². The average Bonchev–Trinajstić information content (AvgIpc) is 2.25. The topological polar surface area (TPSA) is 29.1 Å². The van der Waals surface area contributed by atoms with Gasteiger partial charge in [-0.3, -0.25) is 4.79 Å². The Morgan fingerprint density at radius 1 is 1.33 bits per heavy atom. The van der Waals surface area contributed by atoms with Crippen LogP contribution in [-0.2, 0) is 4.79 Å². The predicted octanol–water partition coefficient (Wildman–Crippen LogP) is 2.47. The van der Waals surface area contributed by atoms with Gasteiger partial charge in [0.1, 0.15) is 0 Å². The van der Waals surface area contributed by atoms with Gasteiger partial charge in [0.05, 0.1) is 0 Å². The average molecular weight is 203 g/mol. The zero-order valence-electron chi connectivity index (χ0n) is 9.23. The highest BCUT2D eigenvalue weighted by atomic mass is 16.1. The fourth-order valence-corrected chi connectivity index (χ4v) is 1.12. The van der Waals surface area contributed by atoms with Crippen LogP contribution in [0.5, 0.6) is 0 Å². The SMILES string of the molecule is CC(C)C(=O)NC/C=C/c1ccccc1. The predicted molar refractivity (Wildman–Crippen MR) is 63.3 cm³/mol. The van der Waals surface area contributed by atoms with E-state index in [4.69, 9.17) is 0 Å². The van der Waals surface area contributed by atoms with E-state index in [1.54, 1.807) is 0 Å². The van der Waals surface area contributed by atoms with Crippen LogP contribution in [0.15, 0.2) is 36.4 Å². The first-order valence-corrected chi connectivity index (χ1v) is 5.19. The van der Waals surface area contributed by atoms with Crippen LogP contribution in [0.3, 0.4) is 0 Å². The maximum atomic E-state index is 11.2. The lowest BCUT2D eigenvalue weighted by Gasteiger charge is -2.03. The molecule has 1 aromatic carbocycles. The Kier molecular flexibility index (Phi) is 4.61. The van der Waals surface area contributed by atoms with Gasteiger partial charge in [0, 0.05) is 12.5 Å². The second-order valence-electron chi connectivity index (χ2n) is 3.71. The van der Waals surface area contributed by atoms with E-state index in [1.165, 1.54) is 0 Å². The van der Waals surface area contributed by atoms with Gasteiger partial charge in [-0.2, -0.15) is 0 Å². The molecule has 0 fully saturated rings. The van der Waals surface area contributed by atoms with Gasteiger partial charge in [-0.05, 0) is 5.56 Å². The minimum absolute atomic E-state index is 0.0510. The van der Waals surface area contributed by atoms with Crippen LogP contribution >= 0.6 is 0 Å². The monoisotopic (exact) mass is 203 g/mol.